The highest BCUT2D eigenvalue weighted by molar-refractivity contribution is 7.98. The number of piperazine rings is 1. The van der Waals surface area contributed by atoms with E-state index in [1.54, 1.807) is 11.8 Å². The van der Waals surface area contributed by atoms with E-state index in [2.05, 4.69) is 16.7 Å². The van der Waals surface area contributed by atoms with Crippen molar-refractivity contribution in [3.63, 3.8) is 0 Å². The van der Waals surface area contributed by atoms with Crippen molar-refractivity contribution in [1.29, 1.82) is 0 Å². The molecule has 2 aromatic carbocycles. The Morgan fingerprint density at radius 2 is 1.71 bits per heavy atom. The second kappa shape index (κ2) is 10.3. The SMILES string of the molecule is CCN1CCN(CC(O)COc2cc(F)cc(-c3ccc(SC)cc3)c2)CC1. The molecule has 1 heterocycles. The van der Waals surface area contributed by atoms with Crippen molar-refractivity contribution >= 4 is 11.8 Å². The van der Waals surface area contributed by atoms with Crippen LogP contribution in [-0.4, -0.2) is 73.1 Å². The summed E-state index contributed by atoms with van der Waals surface area (Å²) in [7, 11) is 0. The molecule has 6 heteroatoms. The van der Waals surface area contributed by atoms with Crippen LogP contribution in [-0.2, 0) is 0 Å². The number of nitrogens with zero attached hydrogens (tertiary/aromatic N) is 2. The topological polar surface area (TPSA) is 35.9 Å². The third-order valence-corrected chi connectivity index (χ3v) is 5.86. The van der Waals surface area contributed by atoms with Crippen LogP contribution in [0.3, 0.4) is 0 Å². The molecule has 0 saturated carbocycles. The summed E-state index contributed by atoms with van der Waals surface area (Å²) in [5.41, 5.74) is 1.71. The molecule has 1 aliphatic heterocycles. The van der Waals surface area contributed by atoms with Gasteiger partial charge in [0, 0.05) is 43.7 Å². The van der Waals surface area contributed by atoms with Gasteiger partial charge < -0.3 is 14.7 Å². The molecule has 0 spiro atoms. The summed E-state index contributed by atoms with van der Waals surface area (Å²) in [6, 6.07) is 12.7. The van der Waals surface area contributed by atoms with Crippen LogP contribution in [0.25, 0.3) is 11.1 Å². The highest BCUT2D eigenvalue weighted by Gasteiger charge is 2.18. The van der Waals surface area contributed by atoms with E-state index in [9.17, 15) is 9.50 Å². The van der Waals surface area contributed by atoms with Crippen molar-refractivity contribution in [1.82, 2.24) is 9.80 Å². The van der Waals surface area contributed by atoms with Gasteiger partial charge in [-0.05, 0) is 48.2 Å². The Balaban J connectivity index is 1.56. The van der Waals surface area contributed by atoms with Crippen LogP contribution in [0.1, 0.15) is 6.92 Å². The fourth-order valence-electron chi connectivity index (χ4n) is 3.43. The molecule has 0 aromatic heterocycles. The largest absolute Gasteiger partial charge is 0.491 e. The minimum atomic E-state index is -0.597. The Bertz CT molecular complexity index is 749. The average molecular weight is 405 g/mol. The van der Waals surface area contributed by atoms with Crippen LogP contribution in [0.4, 0.5) is 4.39 Å². The number of β-amino-alcohol motifs (C(OH)–C–C–N with tert-alkyl or cyclic N) is 1. The van der Waals surface area contributed by atoms with Crippen LogP contribution >= 0.6 is 11.8 Å². The maximum absolute atomic E-state index is 14.1. The molecule has 28 heavy (non-hydrogen) atoms. The molecule has 4 nitrogen and oxygen atoms in total. The van der Waals surface area contributed by atoms with Crippen LogP contribution in [0.15, 0.2) is 47.4 Å². The molecular weight excluding hydrogens is 375 g/mol. The average Bonchev–Trinajstić information content (AvgIpc) is 2.72. The lowest BCUT2D eigenvalue weighted by Crippen LogP contribution is -2.49. The van der Waals surface area contributed by atoms with Crippen molar-refractivity contribution in [2.75, 3.05) is 52.1 Å². The first-order valence-corrected chi connectivity index (χ1v) is 11.0. The summed E-state index contributed by atoms with van der Waals surface area (Å²) in [4.78, 5) is 5.82. The Morgan fingerprint density at radius 1 is 1.04 bits per heavy atom. The maximum Gasteiger partial charge on any atom is 0.127 e. The second-order valence-corrected chi connectivity index (χ2v) is 7.98. The molecule has 1 fully saturated rings. The van der Waals surface area contributed by atoms with E-state index in [0.29, 0.717) is 12.3 Å². The van der Waals surface area contributed by atoms with Gasteiger partial charge in [-0.25, -0.2) is 4.39 Å². The van der Waals surface area contributed by atoms with Gasteiger partial charge in [0.25, 0.3) is 0 Å². The van der Waals surface area contributed by atoms with Gasteiger partial charge in [0.05, 0.1) is 0 Å². The number of aliphatic hydroxyl groups is 1. The van der Waals surface area contributed by atoms with Gasteiger partial charge in [-0.2, -0.15) is 0 Å². The lowest BCUT2D eigenvalue weighted by Gasteiger charge is -2.34. The minimum Gasteiger partial charge on any atom is -0.491 e. The fraction of sp³-hybridized carbons (Fsp3) is 0.455. The van der Waals surface area contributed by atoms with Crippen molar-refractivity contribution < 1.29 is 14.2 Å². The zero-order chi connectivity index (χ0) is 19.9. The van der Waals surface area contributed by atoms with Gasteiger partial charge >= 0.3 is 0 Å². The third kappa shape index (κ3) is 5.95. The van der Waals surface area contributed by atoms with Gasteiger partial charge in [0.15, 0.2) is 0 Å². The van der Waals surface area contributed by atoms with Gasteiger partial charge in [0.2, 0.25) is 0 Å². The Labute approximate surface area is 171 Å². The number of rotatable bonds is 8. The lowest BCUT2D eigenvalue weighted by atomic mass is 10.1. The minimum absolute atomic E-state index is 0.155. The van der Waals surface area contributed by atoms with Crippen LogP contribution < -0.4 is 4.74 Å². The second-order valence-electron chi connectivity index (χ2n) is 7.10. The maximum atomic E-state index is 14.1. The first-order valence-electron chi connectivity index (χ1n) is 9.78. The highest BCUT2D eigenvalue weighted by Crippen LogP contribution is 2.27. The molecule has 1 atom stereocenters. The predicted octanol–water partition coefficient (Wildman–Crippen LogP) is 3.59. The Morgan fingerprint density at radius 3 is 2.36 bits per heavy atom. The number of hydrogen-bond donors (Lipinski definition) is 1. The van der Waals surface area contributed by atoms with E-state index in [4.69, 9.17) is 4.74 Å². The van der Waals surface area contributed by atoms with E-state index in [0.717, 1.165) is 43.9 Å². The molecular formula is C22H29FN2O2S. The third-order valence-electron chi connectivity index (χ3n) is 5.12. The molecule has 1 saturated heterocycles. The molecule has 1 unspecified atom stereocenters. The predicted molar refractivity (Wildman–Crippen MR) is 114 cm³/mol. The number of halogens is 1. The summed E-state index contributed by atoms with van der Waals surface area (Å²) in [6.45, 7) is 7.96. The van der Waals surface area contributed by atoms with Gasteiger partial charge in [-0.1, -0.05) is 19.1 Å². The standard InChI is InChI=1S/C22H29FN2O2S/c1-3-24-8-10-25(11-9-24)15-20(26)16-27-21-13-18(12-19(23)14-21)17-4-6-22(28-2)7-5-17/h4-7,12-14,20,26H,3,8-11,15-16H2,1-2H3. The number of likely N-dealkylation sites (N-methyl/N-ethyl adjacent to an activating group) is 1. The van der Waals surface area contributed by atoms with Gasteiger partial charge in [-0.15, -0.1) is 11.8 Å². The summed E-state index contributed by atoms with van der Waals surface area (Å²) >= 11 is 1.67. The normalized spacial score (nSPS) is 16.9. The Kier molecular flexibility index (Phi) is 7.73. The van der Waals surface area contributed by atoms with E-state index in [-0.39, 0.29) is 12.4 Å². The monoisotopic (exact) mass is 404 g/mol. The first kappa shape index (κ1) is 21.1. The number of benzene rings is 2. The van der Waals surface area contributed by atoms with Crippen molar-refractivity contribution in [2.45, 2.75) is 17.9 Å². The van der Waals surface area contributed by atoms with E-state index >= 15 is 0 Å². The zero-order valence-corrected chi connectivity index (χ0v) is 17.4. The molecule has 152 valence electrons. The highest BCUT2D eigenvalue weighted by atomic mass is 32.2. The van der Waals surface area contributed by atoms with Crippen LogP contribution in [0.5, 0.6) is 5.75 Å². The Hall–Kier alpha value is -1.60. The molecule has 0 radical (unpaired) electrons. The quantitative estimate of drug-likeness (QED) is 0.681. The number of hydrogen-bond acceptors (Lipinski definition) is 5. The van der Waals surface area contributed by atoms with E-state index in [1.165, 1.54) is 17.0 Å². The summed E-state index contributed by atoms with van der Waals surface area (Å²) in [5, 5.41) is 10.3. The molecule has 3 rings (SSSR count). The number of thioether (sulfide) groups is 1. The molecule has 1 N–H and O–H groups in total. The smallest absolute Gasteiger partial charge is 0.127 e. The van der Waals surface area contributed by atoms with Gasteiger partial charge in [-0.3, -0.25) is 4.90 Å². The molecule has 2 aromatic rings. The summed E-state index contributed by atoms with van der Waals surface area (Å²) in [6.07, 6.45) is 1.43. The molecule has 0 aliphatic carbocycles. The van der Waals surface area contributed by atoms with Gasteiger partial charge in [0.1, 0.15) is 24.3 Å². The van der Waals surface area contributed by atoms with Crippen LogP contribution in [0, 0.1) is 5.82 Å². The van der Waals surface area contributed by atoms with E-state index < -0.39 is 6.10 Å². The van der Waals surface area contributed by atoms with Crippen molar-refractivity contribution in [2.24, 2.45) is 0 Å². The fourth-order valence-corrected chi connectivity index (χ4v) is 3.84. The zero-order valence-electron chi connectivity index (χ0n) is 16.6. The molecule has 0 amide bonds. The first-order chi connectivity index (χ1) is 13.6. The lowest BCUT2D eigenvalue weighted by molar-refractivity contribution is 0.0470. The van der Waals surface area contributed by atoms with Crippen LogP contribution in [0.2, 0.25) is 0 Å². The summed E-state index contributed by atoms with van der Waals surface area (Å²) < 4.78 is 19.8. The number of ether oxygens (including phenoxy) is 1. The summed E-state index contributed by atoms with van der Waals surface area (Å²) in [5.74, 6) is 0.102. The van der Waals surface area contributed by atoms with Crippen molar-refractivity contribution in [3.05, 3.63) is 48.3 Å². The number of aliphatic hydroxyl groups excluding tert-OH is 1. The molecule has 1 aliphatic rings. The van der Waals surface area contributed by atoms with E-state index in [1.807, 2.05) is 36.6 Å². The molecule has 0 bridgehead atoms. The van der Waals surface area contributed by atoms with Crippen molar-refractivity contribution in [3.8, 4) is 16.9 Å².